The van der Waals surface area contributed by atoms with Crippen molar-refractivity contribution in [3.05, 3.63) is 84.6 Å². The molecule has 1 fully saturated rings. The van der Waals surface area contributed by atoms with Crippen molar-refractivity contribution < 1.29 is 9.53 Å². The first-order chi connectivity index (χ1) is 11.3. The molecule has 3 heteroatoms. The number of hydrogen-bond donors (Lipinski definition) is 0. The zero-order valence-electron chi connectivity index (χ0n) is 13.0. The molecule has 1 aliphatic rings. The fourth-order valence-electron chi connectivity index (χ4n) is 2.57. The summed E-state index contributed by atoms with van der Waals surface area (Å²) in [6.45, 7) is 1.90. The van der Waals surface area contributed by atoms with Crippen LogP contribution in [0.2, 0.25) is 0 Å². The Morgan fingerprint density at radius 1 is 1.00 bits per heavy atom. The molecular weight excluding hydrogens is 286 g/mol. The van der Waals surface area contributed by atoms with Crippen molar-refractivity contribution in [1.29, 1.82) is 0 Å². The van der Waals surface area contributed by atoms with Crippen molar-refractivity contribution in [3.63, 3.8) is 0 Å². The maximum atomic E-state index is 12.3. The summed E-state index contributed by atoms with van der Waals surface area (Å²) in [5.74, 6) is 0.693. The molecule has 2 aromatic carbocycles. The molecule has 116 valence electrons. The molecule has 3 nitrogen and oxygen atoms in total. The normalized spacial score (nSPS) is 20.9. The molecule has 1 saturated heterocycles. The first-order valence-corrected chi connectivity index (χ1v) is 7.69. The van der Waals surface area contributed by atoms with Crippen LogP contribution in [0.1, 0.15) is 12.5 Å². The summed E-state index contributed by atoms with van der Waals surface area (Å²) in [5.41, 5.74) is 1.10. The van der Waals surface area contributed by atoms with Gasteiger partial charge in [0.05, 0.1) is 0 Å². The topological polar surface area (TPSA) is 29.5 Å². The summed E-state index contributed by atoms with van der Waals surface area (Å²) in [6, 6.07) is 19.4. The number of likely N-dealkylation sites (tertiary alicyclic amines) is 1. The minimum absolute atomic E-state index is 0.0188. The molecule has 2 aromatic rings. The summed E-state index contributed by atoms with van der Waals surface area (Å²) in [5, 5.41) is 0. The average Bonchev–Trinajstić information content (AvgIpc) is 2.61. The fourth-order valence-corrected chi connectivity index (χ4v) is 2.57. The van der Waals surface area contributed by atoms with Gasteiger partial charge in [0.2, 0.25) is 6.10 Å². The third-order valence-electron chi connectivity index (χ3n) is 3.73. The van der Waals surface area contributed by atoms with Gasteiger partial charge in [-0.05, 0) is 24.6 Å². The van der Waals surface area contributed by atoms with Crippen LogP contribution < -0.4 is 4.74 Å². The summed E-state index contributed by atoms with van der Waals surface area (Å²) >= 11 is 0. The lowest BCUT2D eigenvalue weighted by Crippen LogP contribution is -2.63. The van der Waals surface area contributed by atoms with E-state index in [0.717, 1.165) is 5.56 Å². The van der Waals surface area contributed by atoms with Gasteiger partial charge < -0.3 is 9.64 Å². The van der Waals surface area contributed by atoms with Crippen LogP contribution in [0, 0.1) is 0 Å². The van der Waals surface area contributed by atoms with Gasteiger partial charge in [-0.2, -0.15) is 0 Å². The first-order valence-electron chi connectivity index (χ1n) is 7.69. The number of para-hydroxylation sites is 1. The zero-order valence-corrected chi connectivity index (χ0v) is 13.0. The standard InChI is InChI=1S/C20H19NO2/c1-2-15-21-18(14-13-16-9-5-3-6-10-16)19(20(21)22)23-17-11-7-4-8-12-17/h2-15,18-19H,1H3/b14-13+,15-2-/t18-,19+/m0/s1. The molecule has 2 atom stereocenters. The van der Waals surface area contributed by atoms with Gasteiger partial charge in [-0.15, -0.1) is 0 Å². The highest BCUT2D eigenvalue weighted by Gasteiger charge is 2.46. The Hall–Kier alpha value is -2.81. The molecule has 1 heterocycles. The number of carbonyl (C=O) groups excluding carboxylic acids is 1. The summed E-state index contributed by atoms with van der Waals surface area (Å²) in [6.07, 6.45) is 7.22. The third-order valence-corrected chi connectivity index (χ3v) is 3.73. The molecule has 0 aromatic heterocycles. The molecule has 23 heavy (non-hydrogen) atoms. The van der Waals surface area contributed by atoms with Crippen LogP contribution in [0.15, 0.2) is 79.0 Å². The van der Waals surface area contributed by atoms with Gasteiger partial charge in [-0.3, -0.25) is 4.79 Å². The van der Waals surface area contributed by atoms with E-state index in [9.17, 15) is 4.79 Å². The van der Waals surface area contributed by atoms with Crippen molar-refractivity contribution in [2.24, 2.45) is 0 Å². The lowest BCUT2D eigenvalue weighted by atomic mass is 9.97. The number of amides is 1. The Morgan fingerprint density at radius 3 is 2.30 bits per heavy atom. The van der Waals surface area contributed by atoms with Crippen LogP contribution in [0.3, 0.4) is 0 Å². The van der Waals surface area contributed by atoms with Gasteiger partial charge in [0.25, 0.3) is 5.91 Å². The van der Waals surface area contributed by atoms with Gasteiger partial charge >= 0.3 is 0 Å². The Bertz CT molecular complexity index is 707. The zero-order chi connectivity index (χ0) is 16.1. The van der Waals surface area contributed by atoms with Gasteiger partial charge in [0, 0.05) is 6.20 Å². The number of benzene rings is 2. The van der Waals surface area contributed by atoms with E-state index in [-0.39, 0.29) is 11.9 Å². The second-order valence-corrected chi connectivity index (χ2v) is 5.34. The van der Waals surface area contributed by atoms with Gasteiger partial charge in [0.15, 0.2) is 0 Å². The number of carbonyl (C=O) groups is 1. The second-order valence-electron chi connectivity index (χ2n) is 5.34. The highest BCUT2D eigenvalue weighted by Crippen LogP contribution is 2.27. The molecule has 0 N–H and O–H groups in total. The number of β-lactam (4-membered cyclic amide) rings is 1. The Balaban J connectivity index is 1.77. The van der Waals surface area contributed by atoms with Gasteiger partial charge in [0.1, 0.15) is 11.8 Å². The number of allylic oxidation sites excluding steroid dienone is 1. The van der Waals surface area contributed by atoms with Gasteiger partial charge in [-0.25, -0.2) is 0 Å². The molecule has 1 amide bonds. The molecule has 0 radical (unpaired) electrons. The third kappa shape index (κ3) is 3.34. The molecule has 0 bridgehead atoms. The highest BCUT2D eigenvalue weighted by molar-refractivity contribution is 5.91. The van der Waals surface area contributed by atoms with Crippen molar-refractivity contribution >= 4 is 12.0 Å². The van der Waals surface area contributed by atoms with Crippen molar-refractivity contribution in [1.82, 2.24) is 4.90 Å². The van der Waals surface area contributed by atoms with E-state index in [1.165, 1.54) is 0 Å². The van der Waals surface area contributed by atoms with E-state index in [1.54, 1.807) is 11.1 Å². The van der Waals surface area contributed by atoms with E-state index in [2.05, 4.69) is 0 Å². The van der Waals surface area contributed by atoms with E-state index in [4.69, 9.17) is 4.74 Å². The predicted octanol–water partition coefficient (Wildman–Crippen LogP) is 3.89. The van der Waals surface area contributed by atoms with E-state index >= 15 is 0 Å². The minimum Gasteiger partial charge on any atom is -0.478 e. The molecule has 0 spiro atoms. The Morgan fingerprint density at radius 2 is 1.65 bits per heavy atom. The largest absolute Gasteiger partial charge is 0.478 e. The van der Waals surface area contributed by atoms with Crippen molar-refractivity contribution in [3.8, 4) is 5.75 Å². The average molecular weight is 305 g/mol. The lowest BCUT2D eigenvalue weighted by Gasteiger charge is -2.43. The highest BCUT2D eigenvalue weighted by atomic mass is 16.5. The van der Waals surface area contributed by atoms with Crippen LogP contribution in [0.5, 0.6) is 5.75 Å². The molecule has 1 aliphatic heterocycles. The van der Waals surface area contributed by atoms with Crippen molar-refractivity contribution in [2.45, 2.75) is 19.1 Å². The number of nitrogens with zero attached hydrogens (tertiary/aromatic N) is 1. The SMILES string of the molecule is C/C=C\N1C(=O)[C@H](Oc2ccccc2)[C@@H]1/C=C/c1ccccc1. The predicted molar refractivity (Wildman–Crippen MR) is 91.8 cm³/mol. The van der Waals surface area contributed by atoms with E-state index in [0.29, 0.717) is 5.75 Å². The smallest absolute Gasteiger partial charge is 0.270 e. The fraction of sp³-hybridized carbons (Fsp3) is 0.150. The summed E-state index contributed by atoms with van der Waals surface area (Å²) in [7, 11) is 0. The summed E-state index contributed by atoms with van der Waals surface area (Å²) < 4.78 is 5.86. The molecule has 0 saturated carbocycles. The number of rotatable bonds is 5. The van der Waals surface area contributed by atoms with Crippen molar-refractivity contribution in [2.75, 3.05) is 0 Å². The quantitative estimate of drug-likeness (QED) is 0.784. The Kier molecular flexibility index (Phi) is 4.57. The maximum Gasteiger partial charge on any atom is 0.270 e. The van der Waals surface area contributed by atoms with Crippen LogP contribution in [-0.2, 0) is 4.79 Å². The molecule has 0 unspecified atom stereocenters. The van der Waals surface area contributed by atoms with Gasteiger partial charge in [-0.1, -0.05) is 66.8 Å². The summed E-state index contributed by atoms with van der Waals surface area (Å²) in [4.78, 5) is 14.0. The molecule has 3 rings (SSSR count). The van der Waals surface area contributed by atoms with Crippen LogP contribution >= 0.6 is 0 Å². The second kappa shape index (κ2) is 6.97. The Labute approximate surface area is 136 Å². The van der Waals surface area contributed by atoms with Crippen LogP contribution in [-0.4, -0.2) is 23.0 Å². The lowest BCUT2D eigenvalue weighted by molar-refractivity contribution is -0.153. The van der Waals surface area contributed by atoms with Crippen LogP contribution in [0.25, 0.3) is 6.08 Å². The number of hydrogen-bond acceptors (Lipinski definition) is 2. The first kappa shape index (κ1) is 15.1. The molecule has 0 aliphatic carbocycles. The number of ether oxygens (including phenoxy) is 1. The van der Waals surface area contributed by atoms with E-state index < -0.39 is 6.10 Å². The molecular formula is C20H19NO2. The van der Waals surface area contributed by atoms with Crippen LogP contribution in [0.4, 0.5) is 0 Å². The van der Waals surface area contributed by atoms with E-state index in [1.807, 2.05) is 85.8 Å². The maximum absolute atomic E-state index is 12.3. The minimum atomic E-state index is -0.478. The monoisotopic (exact) mass is 305 g/mol.